The molecule has 0 radical (unpaired) electrons. The summed E-state index contributed by atoms with van der Waals surface area (Å²) in [6, 6.07) is 11.5. The lowest BCUT2D eigenvalue weighted by Crippen LogP contribution is -2.10. The standard InChI is InChI=1S/C20H16F4N2O2S/c1-12-6-7-15(16(8-12)27-2)28-18-10-17(20(22,23)24)25-19(26-18)29-11-13-4-3-5-14(21)9-13/h3-10H,11H2,1-2H3. The van der Waals surface area contributed by atoms with E-state index in [1.54, 1.807) is 24.3 Å². The molecular weight excluding hydrogens is 408 g/mol. The minimum Gasteiger partial charge on any atom is -0.493 e. The number of aromatic nitrogens is 2. The highest BCUT2D eigenvalue weighted by molar-refractivity contribution is 7.98. The number of aryl methyl sites for hydroxylation is 1. The topological polar surface area (TPSA) is 44.2 Å². The lowest BCUT2D eigenvalue weighted by atomic mass is 10.2. The summed E-state index contributed by atoms with van der Waals surface area (Å²) in [7, 11) is 1.43. The molecule has 0 aliphatic carbocycles. The van der Waals surface area contributed by atoms with Crippen LogP contribution in [0.5, 0.6) is 17.4 Å². The Balaban J connectivity index is 1.89. The Morgan fingerprint density at radius 2 is 1.79 bits per heavy atom. The number of halogens is 4. The number of alkyl halides is 3. The van der Waals surface area contributed by atoms with E-state index in [4.69, 9.17) is 9.47 Å². The zero-order valence-corrected chi connectivity index (χ0v) is 16.3. The fourth-order valence-corrected chi connectivity index (χ4v) is 3.21. The average molecular weight is 424 g/mol. The van der Waals surface area contributed by atoms with Crippen molar-refractivity contribution in [1.82, 2.24) is 9.97 Å². The fourth-order valence-electron chi connectivity index (χ4n) is 2.41. The van der Waals surface area contributed by atoms with Crippen molar-refractivity contribution < 1.29 is 27.0 Å². The van der Waals surface area contributed by atoms with Crippen LogP contribution in [-0.2, 0) is 11.9 Å². The monoisotopic (exact) mass is 424 g/mol. The van der Waals surface area contributed by atoms with Crippen LogP contribution in [0.1, 0.15) is 16.8 Å². The Morgan fingerprint density at radius 3 is 2.48 bits per heavy atom. The van der Waals surface area contributed by atoms with Crippen molar-refractivity contribution in [3.8, 4) is 17.4 Å². The summed E-state index contributed by atoms with van der Waals surface area (Å²) in [6.45, 7) is 1.85. The van der Waals surface area contributed by atoms with Gasteiger partial charge in [0, 0.05) is 11.8 Å². The van der Waals surface area contributed by atoms with Gasteiger partial charge in [-0.2, -0.15) is 18.2 Å². The highest BCUT2D eigenvalue weighted by Gasteiger charge is 2.34. The summed E-state index contributed by atoms with van der Waals surface area (Å²) in [5, 5.41) is -0.134. The van der Waals surface area contributed by atoms with Crippen LogP contribution in [0.4, 0.5) is 17.6 Å². The van der Waals surface area contributed by atoms with Crippen molar-refractivity contribution >= 4 is 11.8 Å². The second kappa shape index (κ2) is 8.69. The van der Waals surface area contributed by atoms with Crippen molar-refractivity contribution in [2.75, 3.05) is 7.11 Å². The molecule has 0 bridgehead atoms. The molecule has 152 valence electrons. The number of hydrogen-bond donors (Lipinski definition) is 0. The van der Waals surface area contributed by atoms with E-state index in [0.717, 1.165) is 23.4 Å². The third-order valence-corrected chi connectivity index (χ3v) is 4.68. The number of ether oxygens (including phenoxy) is 2. The van der Waals surface area contributed by atoms with Gasteiger partial charge >= 0.3 is 6.18 Å². The molecule has 0 atom stereocenters. The maximum absolute atomic E-state index is 13.3. The van der Waals surface area contributed by atoms with E-state index < -0.39 is 17.7 Å². The van der Waals surface area contributed by atoms with E-state index in [9.17, 15) is 17.6 Å². The zero-order chi connectivity index (χ0) is 21.0. The summed E-state index contributed by atoms with van der Waals surface area (Å²) < 4.78 is 63.9. The normalized spacial score (nSPS) is 11.4. The van der Waals surface area contributed by atoms with Crippen LogP contribution in [0.25, 0.3) is 0 Å². The second-order valence-corrected chi connectivity index (χ2v) is 6.99. The molecule has 0 saturated carbocycles. The minimum atomic E-state index is -4.67. The Bertz CT molecular complexity index is 1010. The Labute approximate surface area is 168 Å². The number of methoxy groups -OCH3 is 1. The third-order valence-electron chi connectivity index (χ3n) is 3.76. The fraction of sp³-hybridized carbons (Fsp3) is 0.200. The predicted octanol–water partition coefficient (Wildman–Crippen LogP) is 6.04. The third kappa shape index (κ3) is 5.60. The molecule has 1 aromatic heterocycles. The van der Waals surface area contributed by atoms with E-state index in [0.29, 0.717) is 11.3 Å². The molecule has 9 heteroatoms. The van der Waals surface area contributed by atoms with E-state index in [1.165, 1.54) is 25.3 Å². The first-order valence-electron chi connectivity index (χ1n) is 8.40. The van der Waals surface area contributed by atoms with Crippen molar-refractivity contribution in [3.63, 3.8) is 0 Å². The first-order chi connectivity index (χ1) is 13.7. The Morgan fingerprint density at radius 1 is 1.00 bits per heavy atom. The van der Waals surface area contributed by atoms with Crippen LogP contribution in [0, 0.1) is 12.7 Å². The molecule has 4 nitrogen and oxygen atoms in total. The number of thioether (sulfide) groups is 1. The van der Waals surface area contributed by atoms with Crippen LogP contribution in [-0.4, -0.2) is 17.1 Å². The van der Waals surface area contributed by atoms with Crippen molar-refractivity contribution in [1.29, 1.82) is 0 Å². The van der Waals surface area contributed by atoms with Crippen molar-refractivity contribution in [2.24, 2.45) is 0 Å². The summed E-state index contributed by atoms with van der Waals surface area (Å²) in [5.74, 6) is 0.101. The van der Waals surface area contributed by atoms with Crippen LogP contribution < -0.4 is 9.47 Å². The largest absolute Gasteiger partial charge is 0.493 e. The maximum Gasteiger partial charge on any atom is 0.433 e. The van der Waals surface area contributed by atoms with Crippen LogP contribution in [0.15, 0.2) is 53.7 Å². The van der Waals surface area contributed by atoms with Gasteiger partial charge in [0.25, 0.3) is 0 Å². The number of nitrogens with zero attached hydrogens (tertiary/aromatic N) is 2. The van der Waals surface area contributed by atoms with Gasteiger partial charge in [0.15, 0.2) is 22.3 Å². The van der Waals surface area contributed by atoms with Gasteiger partial charge in [-0.3, -0.25) is 0 Å². The van der Waals surface area contributed by atoms with Crippen LogP contribution >= 0.6 is 11.8 Å². The lowest BCUT2D eigenvalue weighted by Gasteiger charge is -2.13. The number of rotatable bonds is 6. The molecule has 0 fully saturated rings. The lowest BCUT2D eigenvalue weighted by molar-refractivity contribution is -0.141. The smallest absolute Gasteiger partial charge is 0.433 e. The summed E-state index contributed by atoms with van der Waals surface area (Å²) in [5.41, 5.74) is 0.369. The molecule has 0 amide bonds. The number of benzene rings is 2. The predicted molar refractivity (Wildman–Crippen MR) is 101 cm³/mol. The molecule has 0 N–H and O–H groups in total. The van der Waals surface area contributed by atoms with Crippen LogP contribution in [0.3, 0.4) is 0 Å². The van der Waals surface area contributed by atoms with Gasteiger partial charge in [-0.05, 0) is 42.3 Å². The van der Waals surface area contributed by atoms with Gasteiger partial charge in [-0.1, -0.05) is 30.0 Å². The molecular formula is C20H16F4N2O2S. The first-order valence-corrected chi connectivity index (χ1v) is 9.39. The minimum absolute atomic E-state index is 0.134. The average Bonchev–Trinajstić information content (AvgIpc) is 2.67. The van der Waals surface area contributed by atoms with Gasteiger partial charge in [0.2, 0.25) is 5.88 Å². The maximum atomic E-state index is 13.3. The van der Waals surface area contributed by atoms with Gasteiger partial charge < -0.3 is 9.47 Å². The summed E-state index contributed by atoms with van der Waals surface area (Å²) in [4.78, 5) is 7.62. The van der Waals surface area contributed by atoms with Gasteiger partial charge in [0.1, 0.15) is 5.82 Å². The molecule has 29 heavy (non-hydrogen) atoms. The van der Waals surface area contributed by atoms with E-state index in [1.807, 2.05) is 6.92 Å². The number of hydrogen-bond acceptors (Lipinski definition) is 5. The second-order valence-electron chi connectivity index (χ2n) is 6.05. The first kappa shape index (κ1) is 20.9. The van der Waals surface area contributed by atoms with Crippen molar-refractivity contribution in [3.05, 3.63) is 71.2 Å². The molecule has 2 aromatic carbocycles. The van der Waals surface area contributed by atoms with E-state index in [-0.39, 0.29) is 22.5 Å². The highest BCUT2D eigenvalue weighted by Crippen LogP contribution is 2.36. The van der Waals surface area contributed by atoms with Gasteiger partial charge in [0.05, 0.1) is 7.11 Å². The zero-order valence-electron chi connectivity index (χ0n) is 15.5. The SMILES string of the molecule is COc1cc(C)ccc1Oc1cc(C(F)(F)F)nc(SCc2cccc(F)c2)n1. The van der Waals surface area contributed by atoms with Crippen LogP contribution in [0.2, 0.25) is 0 Å². The molecule has 0 saturated heterocycles. The molecule has 3 aromatic rings. The van der Waals surface area contributed by atoms with E-state index in [2.05, 4.69) is 9.97 Å². The van der Waals surface area contributed by atoms with E-state index >= 15 is 0 Å². The summed E-state index contributed by atoms with van der Waals surface area (Å²) in [6.07, 6.45) is -4.67. The highest BCUT2D eigenvalue weighted by atomic mass is 32.2. The Hall–Kier alpha value is -2.81. The molecule has 0 aliphatic rings. The summed E-state index contributed by atoms with van der Waals surface area (Å²) >= 11 is 0.949. The molecule has 0 spiro atoms. The quantitative estimate of drug-likeness (QED) is 0.274. The molecule has 0 aliphatic heterocycles. The van der Waals surface area contributed by atoms with Gasteiger partial charge in [-0.25, -0.2) is 9.37 Å². The molecule has 1 heterocycles. The molecule has 0 unspecified atom stereocenters. The van der Waals surface area contributed by atoms with Gasteiger partial charge in [-0.15, -0.1) is 0 Å². The molecule has 3 rings (SSSR count). The Kier molecular flexibility index (Phi) is 6.26. The van der Waals surface area contributed by atoms with Crippen molar-refractivity contribution in [2.45, 2.75) is 24.0 Å².